The van der Waals surface area contributed by atoms with E-state index in [0.717, 1.165) is 12.0 Å². The normalized spacial score (nSPS) is 10.2. The third-order valence-corrected chi connectivity index (χ3v) is 3.05. The van der Waals surface area contributed by atoms with Crippen LogP contribution < -0.4 is 0 Å². The molecule has 0 saturated heterocycles. The Morgan fingerprint density at radius 3 is 2.88 bits per heavy atom. The van der Waals surface area contributed by atoms with Crippen molar-refractivity contribution in [1.29, 1.82) is 0 Å². The molecule has 6 heteroatoms. The summed E-state index contributed by atoms with van der Waals surface area (Å²) in [7, 11) is 3.35. The van der Waals surface area contributed by atoms with Crippen molar-refractivity contribution in [2.24, 2.45) is 0 Å². The average molecular weight is 249 g/mol. The monoisotopic (exact) mass is 249 g/mol. The summed E-state index contributed by atoms with van der Waals surface area (Å²) >= 11 is 1.34. The van der Waals surface area contributed by atoms with Crippen LogP contribution in [0.15, 0.2) is 23.7 Å². The van der Waals surface area contributed by atoms with E-state index in [1.54, 1.807) is 37.1 Å². The number of hydrogen-bond acceptors (Lipinski definition) is 4. The van der Waals surface area contributed by atoms with E-state index in [-0.39, 0.29) is 5.91 Å². The average Bonchev–Trinajstić information content (AvgIpc) is 2.96. The molecule has 2 heterocycles. The van der Waals surface area contributed by atoms with Crippen molar-refractivity contribution in [2.45, 2.75) is 0 Å². The predicted molar refractivity (Wildman–Crippen MR) is 64.8 cm³/mol. The van der Waals surface area contributed by atoms with Gasteiger partial charge in [0.1, 0.15) is 0 Å². The van der Waals surface area contributed by atoms with Crippen molar-refractivity contribution in [3.05, 3.63) is 34.3 Å². The van der Waals surface area contributed by atoms with Gasteiger partial charge < -0.3 is 4.90 Å². The van der Waals surface area contributed by atoms with E-state index < -0.39 is 0 Å². The Labute approximate surface area is 102 Å². The molecule has 17 heavy (non-hydrogen) atoms. The van der Waals surface area contributed by atoms with Crippen molar-refractivity contribution in [1.82, 2.24) is 14.7 Å². The van der Waals surface area contributed by atoms with Crippen LogP contribution in [0.25, 0.3) is 5.69 Å². The molecule has 0 unspecified atom stereocenters. The van der Waals surface area contributed by atoms with Gasteiger partial charge in [-0.25, -0.2) is 4.68 Å². The highest BCUT2D eigenvalue weighted by molar-refractivity contribution is 7.12. The number of amides is 1. The summed E-state index contributed by atoms with van der Waals surface area (Å²) < 4.78 is 1.58. The smallest absolute Gasteiger partial charge is 0.273 e. The lowest BCUT2D eigenvalue weighted by Gasteiger charge is -2.06. The molecule has 0 spiro atoms. The van der Waals surface area contributed by atoms with Crippen LogP contribution in [-0.2, 0) is 0 Å². The maximum Gasteiger partial charge on any atom is 0.273 e. The van der Waals surface area contributed by atoms with Crippen LogP contribution in [0.4, 0.5) is 0 Å². The number of hydrogen-bond donors (Lipinski definition) is 0. The zero-order chi connectivity index (χ0) is 12.4. The van der Waals surface area contributed by atoms with Crippen LogP contribution >= 0.6 is 11.3 Å². The van der Waals surface area contributed by atoms with Crippen LogP contribution in [0.5, 0.6) is 0 Å². The first kappa shape index (κ1) is 11.5. The third-order valence-electron chi connectivity index (χ3n) is 2.20. The molecular weight excluding hydrogens is 238 g/mol. The molecule has 0 aliphatic carbocycles. The fraction of sp³-hybridized carbons (Fsp3) is 0.182. The first-order chi connectivity index (χ1) is 8.11. The largest absolute Gasteiger partial charge is 0.343 e. The maximum absolute atomic E-state index is 11.6. The Morgan fingerprint density at radius 2 is 2.29 bits per heavy atom. The number of carbonyl (C=O) groups is 2. The summed E-state index contributed by atoms with van der Waals surface area (Å²) in [5.41, 5.74) is 1.17. The van der Waals surface area contributed by atoms with E-state index in [2.05, 4.69) is 5.10 Å². The molecule has 0 aromatic carbocycles. The van der Waals surface area contributed by atoms with Gasteiger partial charge in [-0.05, 0) is 12.1 Å². The molecule has 1 amide bonds. The Hall–Kier alpha value is -1.95. The highest BCUT2D eigenvalue weighted by atomic mass is 32.1. The van der Waals surface area contributed by atoms with Gasteiger partial charge in [-0.2, -0.15) is 5.10 Å². The van der Waals surface area contributed by atoms with Gasteiger partial charge in [0.25, 0.3) is 5.91 Å². The summed E-state index contributed by atoms with van der Waals surface area (Å²) in [5.74, 6) is -0.144. The molecule has 0 aliphatic rings. The Bertz CT molecular complexity index is 557. The molecule has 0 atom stereocenters. The summed E-state index contributed by atoms with van der Waals surface area (Å²) in [5, 5.41) is 5.99. The topological polar surface area (TPSA) is 55.2 Å². The highest BCUT2D eigenvalue weighted by Crippen LogP contribution is 2.16. The van der Waals surface area contributed by atoms with Crippen molar-refractivity contribution in [2.75, 3.05) is 14.1 Å². The Morgan fingerprint density at radius 1 is 1.53 bits per heavy atom. The fourth-order valence-corrected chi connectivity index (χ4v) is 2.01. The van der Waals surface area contributed by atoms with Gasteiger partial charge in [0, 0.05) is 25.7 Å². The van der Waals surface area contributed by atoms with Crippen LogP contribution in [0.1, 0.15) is 20.2 Å². The first-order valence-electron chi connectivity index (χ1n) is 4.93. The van der Waals surface area contributed by atoms with Crippen LogP contribution in [0.2, 0.25) is 0 Å². The molecule has 0 saturated carbocycles. The summed E-state index contributed by atoms with van der Waals surface area (Å²) in [6.45, 7) is 0. The number of carbonyl (C=O) groups excluding carboxylic acids is 2. The molecule has 88 valence electrons. The quantitative estimate of drug-likeness (QED) is 0.774. The van der Waals surface area contributed by atoms with Crippen LogP contribution in [0.3, 0.4) is 0 Å². The van der Waals surface area contributed by atoms with Crippen molar-refractivity contribution in [3.8, 4) is 5.69 Å². The standard InChI is InChI=1S/C11H11N3O2S/c1-13(2)11(16)10-3-4-14(12-10)8-5-9(6-15)17-7-8/h3-7H,1-2H3. The van der Waals surface area contributed by atoms with Gasteiger partial charge in [0.2, 0.25) is 0 Å². The van der Waals surface area contributed by atoms with E-state index >= 15 is 0 Å². The van der Waals surface area contributed by atoms with E-state index in [1.165, 1.54) is 16.2 Å². The van der Waals surface area contributed by atoms with Crippen molar-refractivity contribution < 1.29 is 9.59 Å². The fourth-order valence-electron chi connectivity index (χ4n) is 1.34. The van der Waals surface area contributed by atoms with E-state index in [0.29, 0.717) is 10.6 Å². The molecule has 5 nitrogen and oxygen atoms in total. The molecule has 0 aliphatic heterocycles. The third kappa shape index (κ3) is 2.26. The number of aldehydes is 1. The molecule has 0 fully saturated rings. The minimum Gasteiger partial charge on any atom is -0.343 e. The van der Waals surface area contributed by atoms with Crippen molar-refractivity contribution in [3.63, 3.8) is 0 Å². The second-order valence-electron chi connectivity index (χ2n) is 3.67. The van der Waals surface area contributed by atoms with Gasteiger partial charge in [0.05, 0.1) is 10.6 Å². The van der Waals surface area contributed by atoms with Gasteiger partial charge in [-0.3, -0.25) is 9.59 Å². The van der Waals surface area contributed by atoms with Gasteiger partial charge >= 0.3 is 0 Å². The number of rotatable bonds is 3. The zero-order valence-electron chi connectivity index (χ0n) is 9.45. The van der Waals surface area contributed by atoms with Gasteiger partial charge in [0.15, 0.2) is 12.0 Å². The zero-order valence-corrected chi connectivity index (χ0v) is 10.3. The highest BCUT2D eigenvalue weighted by Gasteiger charge is 2.12. The molecule has 2 rings (SSSR count). The first-order valence-corrected chi connectivity index (χ1v) is 5.81. The second-order valence-corrected chi connectivity index (χ2v) is 4.61. The van der Waals surface area contributed by atoms with Crippen molar-refractivity contribution >= 4 is 23.5 Å². The molecular formula is C11H11N3O2S. The lowest BCUT2D eigenvalue weighted by atomic mass is 10.4. The number of nitrogens with zero attached hydrogens (tertiary/aromatic N) is 3. The van der Waals surface area contributed by atoms with Gasteiger partial charge in [-0.1, -0.05) is 0 Å². The SMILES string of the molecule is CN(C)C(=O)c1ccn(-c2csc(C=O)c2)n1. The van der Waals surface area contributed by atoms with Crippen LogP contribution in [0, 0.1) is 0 Å². The number of aromatic nitrogens is 2. The van der Waals surface area contributed by atoms with Crippen LogP contribution in [-0.4, -0.2) is 41.0 Å². The lowest BCUT2D eigenvalue weighted by Crippen LogP contribution is -2.22. The minimum absolute atomic E-state index is 0.144. The van der Waals surface area contributed by atoms with Gasteiger partial charge in [-0.15, -0.1) is 11.3 Å². The molecule has 0 N–H and O–H groups in total. The van der Waals surface area contributed by atoms with E-state index in [1.807, 2.05) is 5.38 Å². The lowest BCUT2D eigenvalue weighted by molar-refractivity contribution is 0.0821. The second kappa shape index (κ2) is 4.50. The Balaban J connectivity index is 2.29. The molecule has 0 bridgehead atoms. The minimum atomic E-state index is -0.144. The number of thiophene rings is 1. The van der Waals surface area contributed by atoms with E-state index in [9.17, 15) is 9.59 Å². The Kier molecular flexibility index (Phi) is 3.06. The predicted octanol–water partition coefficient (Wildman–Crippen LogP) is 1.45. The summed E-state index contributed by atoms with van der Waals surface area (Å²) in [6, 6.07) is 3.38. The molecule has 2 aromatic heterocycles. The summed E-state index contributed by atoms with van der Waals surface area (Å²) in [4.78, 5) is 24.3. The van der Waals surface area contributed by atoms with E-state index in [4.69, 9.17) is 0 Å². The molecule has 2 aromatic rings. The summed E-state index contributed by atoms with van der Waals surface area (Å²) in [6.07, 6.45) is 2.50. The molecule has 0 radical (unpaired) electrons. The maximum atomic E-state index is 11.6.